The van der Waals surface area contributed by atoms with Crippen molar-refractivity contribution in [1.29, 1.82) is 5.26 Å². The molecule has 8 heteroatoms. The van der Waals surface area contributed by atoms with E-state index in [0.717, 1.165) is 11.3 Å². The van der Waals surface area contributed by atoms with Crippen molar-refractivity contribution in [3.05, 3.63) is 77.1 Å². The number of piperazine rings is 1. The molecule has 0 atom stereocenters. The van der Waals surface area contributed by atoms with Crippen molar-refractivity contribution in [3.63, 3.8) is 0 Å². The van der Waals surface area contributed by atoms with Gasteiger partial charge in [0, 0.05) is 44.5 Å². The van der Waals surface area contributed by atoms with Gasteiger partial charge in [0.15, 0.2) is 0 Å². The largest absolute Gasteiger partial charge is 0.450 e. The number of amides is 2. The molecule has 168 valence electrons. The highest BCUT2D eigenvalue weighted by atomic mass is 16.6. The molecule has 0 N–H and O–H groups in total. The molecule has 1 aromatic carbocycles. The first-order valence-corrected chi connectivity index (χ1v) is 10.8. The number of fused-ring (bicyclic) bond motifs is 1. The van der Waals surface area contributed by atoms with Crippen molar-refractivity contribution < 1.29 is 19.1 Å². The van der Waals surface area contributed by atoms with Gasteiger partial charge in [0.25, 0.3) is 11.7 Å². The number of carbonyl (C=O) groups is 3. The fourth-order valence-corrected chi connectivity index (χ4v) is 4.01. The van der Waals surface area contributed by atoms with Crippen molar-refractivity contribution >= 4 is 23.3 Å². The molecule has 0 spiro atoms. The first-order valence-electron chi connectivity index (χ1n) is 10.8. The summed E-state index contributed by atoms with van der Waals surface area (Å²) in [6, 6.07) is 16.7. The van der Waals surface area contributed by atoms with Gasteiger partial charge in [-0.15, -0.1) is 0 Å². The van der Waals surface area contributed by atoms with E-state index in [1.807, 2.05) is 40.9 Å². The quantitative estimate of drug-likeness (QED) is 0.445. The number of aromatic nitrogens is 1. The van der Waals surface area contributed by atoms with Crippen LogP contribution >= 0.6 is 0 Å². The summed E-state index contributed by atoms with van der Waals surface area (Å²) in [7, 11) is 0. The zero-order chi connectivity index (χ0) is 23.4. The fraction of sp³-hybridized carbons (Fsp3) is 0.280. The highest BCUT2D eigenvalue weighted by Crippen LogP contribution is 2.22. The molecule has 0 saturated carbocycles. The maximum Gasteiger partial charge on any atom is 0.409 e. The third kappa shape index (κ3) is 4.58. The lowest BCUT2D eigenvalue weighted by Gasteiger charge is -2.33. The van der Waals surface area contributed by atoms with E-state index in [1.165, 1.54) is 4.90 Å². The van der Waals surface area contributed by atoms with Crippen LogP contribution < -0.4 is 0 Å². The maximum absolute atomic E-state index is 13.2. The van der Waals surface area contributed by atoms with Crippen LogP contribution in [0.2, 0.25) is 0 Å². The van der Waals surface area contributed by atoms with Gasteiger partial charge in [-0.1, -0.05) is 18.2 Å². The Morgan fingerprint density at radius 2 is 1.70 bits per heavy atom. The van der Waals surface area contributed by atoms with Crippen LogP contribution in [-0.4, -0.2) is 64.8 Å². The molecule has 2 aromatic heterocycles. The second kappa shape index (κ2) is 9.57. The highest BCUT2D eigenvalue weighted by molar-refractivity contribution is 6.44. The van der Waals surface area contributed by atoms with Crippen LogP contribution in [0.4, 0.5) is 4.79 Å². The summed E-state index contributed by atoms with van der Waals surface area (Å²) in [6.07, 6.45) is 2.02. The van der Waals surface area contributed by atoms with Gasteiger partial charge in [-0.05, 0) is 42.8 Å². The number of hydrogen-bond acceptors (Lipinski definition) is 5. The van der Waals surface area contributed by atoms with E-state index in [0.29, 0.717) is 42.8 Å². The van der Waals surface area contributed by atoms with Gasteiger partial charge in [-0.2, -0.15) is 5.26 Å². The second-order valence-corrected chi connectivity index (χ2v) is 7.80. The third-order valence-corrected chi connectivity index (χ3v) is 5.76. The van der Waals surface area contributed by atoms with E-state index in [1.54, 1.807) is 30.0 Å². The van der Waals surface area contributed by atoms with Crippen LogP contribution in [0.3, 0.4) is 0 Å². The fourth-order valence-electron chi connectivity index (χ4n) is 4.01. The maximum atomic E-state index is 13.2. The highest BCUT2D eigenvalue weighted by Gasteiger charge is 2.30. The number of rotatable bonds is 5. The molecule has 0 bridgehead atoms. The molecular weight excluding hydrogens is 420 g/mol. The molecule has 1 aliphatic heterocycles. The minimum atomic E-state index is -0.570. The van der Waals surface area contributed by atoms with E-state index in [-0.39, 0.29) is 13.1 Å². The number of Topliss-reactive ketones (excluding diaryl/α,β-unsaturated/α-hetero) is 1. The molecule has 3 heterocycles. The molecule has 4 rings (SSSR count). The number of ether oxygens (including phenoxy) is 1. The van der Waals surface area contributed by atoms with Gasteiger partial charge in [0.1, 0.15) is 0 Å². The Morgan fingerprint density at radius 3 is 2.36 bits per heavy atom. The van der Waals surface area contributed by atoms with Gasteiger partial charge in [-0.3, -0.25) is 9.59 Å². The topological polar surface area (TPSA) is 95.1 Å². The summed E-state index contributed by atoms with van der Waals surface area (Å²) in [4.78, 5) is 41.1. The molecule has 0 aliphatic carbocycles. The van der Waals surface area contributed by atoms with Gasteiger partial charge in [-0.25, -0.2) is 4.79 Å². The summed E-state index contributed by atoms with van der Waals surface area (Å²) in [5.41, 5.74) is 3.49. The van der Waals surface area contributed by atoms with Gasteiger partial charge in [0.2, 0.25) is 0 Å². The molecule has 1 saturated heterocycles. The van der Waals surface area contributed by atoms with Gasteiger partial charge >= 0.3 is 6.09 Å². The van der Waals surface area contributed by atoms with Crippen LogP contribution in [0, 0.1) is 11.3 Å². The Bertz CT molecular complexity index is 1230. The number of nitrogens with zero attached hydrogens (tertiary/aromatic N) is 4. The van der Waals surface area contributed by atoms with E-state index < -0.39 is 17.8 Å². The number of ketones is 1. The minimum absolute atomic E-state index is 0.285. The Balaban J connectivity index is 1.53. The smallest absolute Gasteiger partial charge is 0.409 e. The summed E-state index contributed by atoms with van der Waals surface area (Å²) < 4.78 is 6.92. The van der Waals surface area contributed by atoms with E-state index >= 15 is 0 Å². The average Bonchev–Trinajstić information content (AvgIpc) is 3.22. The monoisotopic (exact) mass is 444 g/mol. The van der Waals surface area contributed by atoms with Crippen LogP contribution in [-0.2, 0) is 16.0 Å². The Labute approximate surface area is 191 Å². The van der Waals surface area contributed by atoms with Crippen LogP contribution in [0.1, 0.15) is 34.1 Å². The first kappa shape index (κ1) is 22.1. The van der Waals surface area contributed by atoms with Crippen molar-refractivity contribution in [2.45, 2.75) is 13.3 Å². The summed E-state index contributed by atoms with van der Waals surface area (Å²) >= 11 is 0. The van der Waals surface area contributed by atoms with E-state index in [2.05, 4.69) is 6.07 Å². The Morgan fingerprint density at radius 1 is 1.00 bits per heavy atom. The predicted molar refractivity (Wildman–Crippen MR) is 121 cm³/mol. The van der Waals surface area contributed by atoms with Crippen molar-refractivity contribution in [3.8, 4) is 6.07 Å². The van der Waals surface area contributed by atoms with Crippen molar-refractivity contribution in [2.75, 3.05) is 32.8 Å². The summed E-state index contributed by atoms with van der Waals surface area (Å²) in [5, 5.41) is 9.00. The summed E-state index contributed by atoms with van der Waals surface area (Å²) in [6.45, 7) is 3.27. The van der Waals surface area contributed by atoms with Gasteiger partial charge in [0.05, 0.1) is 29.3 Å². The number of carbonyl (C=O) groups excluding carboxylic acids is 3. The molecule has 8 nitrogen and oxygen atoms in total. The number of pyridine rings is 1. The van der Waals surface area contributed by atoms with E-state index in [4.69, 9.17) is 10.00 Å². The Kier molecular flexibility index (Phi) is 6.41. The number of nitriles is 1. The van der Waals surface area contributed by atoms with Crippen molar-refractivity contribution in [2.24, 2.45) is 0 Å². The van der Waals surface area contributed by atoms with Crippen LogP contribution in [0.15, 0.2) is 54.7 Å². The minimum Gasteiger partial charge on any atom is -0.450 e. The zero-order valence-electron chi connectivity index (χ0n) is 18.4. The van der Waals surface area contributed by atoms with Crippen LogP contribution in [0.25, 0.3) is 5.52 Å². The lowest BCUT2D eigenvalue weighted by molar-refractivity contribution is -0.128. The first-order chi connectivity index (χ1) is 16.0. The molecule has 3 aromatic rings. The lowest BCUT2D eigenvalue weighted by Crippen LogP contribution is -2.52. The van der Waals surface area contributed by atoms with Crippen LogP contribution in [0.5, 0.6) is 0 Å². The molecule has 2 amide bonds. The Hall–Kier alpha value is -4.12. The molecular formula is C25H24N4O4. The SMILES string of the molecule is CCOC(=O)N1CCN(C(=O)C(=O)c2cc(Cc3ccc(C#N)cc3)n3ccccc23)CC1. The van der Waals surface area contributed by atoms with Crippen molar-refractivity contribution in [1.82, 2.24) is 14.2 Å². The third-order valence-electron chi connectivity index (χ3n) is 5.76. The molecule has 1 aliphatic rings. The molecule has 1 fully saturated rings. The lowest BCUT2D eigenvalue weighted by atomic mass is 10.1. The predicted octanol–water partition coefficient (Wildman–Crippen LogP) is 2.89. The zero-order valence-corrected chi connectivity index (χ0v) is 18.4. The summed E-state index contributed by atoms with van der Waals surface area (Å²) in [5.74, 6) is -1.13. The van der Waals surface area contributed by atoms with E-state index in [9.17, 15) is 14.4 Å². The molecule has 0 radical (unpaired) electrons. The average molecular weight is 444 g/mol. The second-order valence-electron chi connectivity index (χ2n) is 7.80. The van der Waals surface area contributed by atoms with Gasteiger partial charge < -0.3 is 18.9 Å². The number of benzene rings is 1. The molecule has 0 unspecified atom stereocenters. The standard InChI is InChI=1S/C25H24N4O4/c1-2-33-25(32)28-13-11-27(12-14-28)24(31)23(30)21-16-20(29-10-4-3-5-22(21)29)15-18-6-8-19(17-26)9-7-18/h3-10,16H,2,11-15H2,1H3. The normalized spacial score (nSPS) is 13.6. The number of hydrogen-bond donors (Lipinski definition) is 0. The molecule has 33 heavy (non-hydrogen) atoms.